The van der Waals surface area contributed by atoms with Gasteiger partial charge in [0, 0.05) is 10.7 Å². The van der Waals surface area contributed by atoms with Crippen LogP contribution in [0, 0.1) is 17.2 Å². The van der Waals surface area contributed by atoms with Gasteiger partial charge in [0.25, 0.3) is 0 Å². The van der Waals surface area contributed by atoms with E-state index in [1.807, 2.05) is 12.1 Å². The first-order valence-corrected chi connectivity index (χ1v) is 5.83. The van der Waals surface area contributed by atoms with Crippen molar-refractivity contribution in [1.29, 1.82) is 5.26 Å². The summed E-state index contributed by atoms with van der Waals surface area (Å²) < 4.78 is 0.935. The van der Waals surface area contributed by atoms with Crippen molar-refractivity contribution in [2.24, 2.45) is 5.92 Å². The Hall–Kier alpha value is -0.920. The molecule has 1 atom stereocenters. The van der Waals surface area contributed by atoms with E-state index in [1.54, 1.807) is 6.20 Å². The van der Waals surface area contributed by atoms with Gasteiger partial charge in [0.15, 0.2) is 0 Å². The summed E-state index contributed by atoms with van der Waals surface area (Å²) >= 11 is 3.32. The quantitative estimate of drug-likeness (QED) is 0.910. The van der Waals surface area contributed by atoms with E-state index in [-0.39, 0.29) is 6.04 Å². The van der Waals surface area contributed by atoms with E-state index in [2.05, 4.69) is 32.3 Å². The predicted octanol–water partition coefficient (Wildman–Crippen LogP) is 2.41. The first kappa shape index (κ1) is 10.6. The number of rotatable bonds is 4. The highest BCUT2D eigenvalue weighted by Gasteiger charge is 2.22. The van der Waals surface area contributed by atoms with Gasteiger partial charge in [-0.25, -0.2) is 0 Å². The first-order valence-electron chi connectivity index (χ1n) is 5.04. The largest absolute Gasteiger partial charge is 0.297 e. The van der Waals surface area contributed by atoms with Crippen molar-refractivity contribution < 1.29 is 0 Å². The van der Waals surface area contributed by atoms with Crippen LogP contribution in [-0.2, 0) is 0 Å². The molecule has 1 saturated carbocycles. The SMILES string of the molecule is N#CC(NCC1CC1)c1ccc(Br)cn1. The van der Waals surface area contributed by atoms with Crippen LogP contribution in [-0.4, -0.2) is 11.5 Å². The van der Waals surface area contributed by atoms with Crippen LogP contribution in [0.2, 0.25) is 0 Å². The second kappa shape index (κ2) is 4.73. The van der Waals surface area contributed by atoms with Crippen LogP contribution >= 0.6 is 15.9 Å². The zero-order valence-electron chi connectivity index (χ0n) is 8.28. The maximum Gasteiger partial charge on any atom is 0.138 e. The van der Waals surface area contributed by atoms with Crippen molar-refractivity contribution in [3.63, 3.8) is 0 Å². The van der Waals surface area contributed by atoms with Crippen molar-refractivity contribution in [3.8, 4) is 6.07 Å². The van der Waals surface area contributed by atoms with Crippen LogP contribution in [0.5, 0.6) is 0 Å². The number of pyridine rings is 1. The molecule has 1 unspecified atom stereocenters. The molecule has 78 valence electrons. The number of halogens is 1. The number of hydrogen-bond acceptors (Lipinski definition) is 3. The fourth-order valence-corrected chi connectivity index (χ4v) is 1.62. The lowest BCUT2D eigenvalue weighted by molar-refractivity contribution is 0.583. The Labute approximate surface area is 97.6 Å². The maximum absolute atomic E-state index is 9.02. The molecule has 0 saturated heterocycles. The molecule has 0 amide bonds. The van der Waals surface area contributed by atoms with Crippen LogP contribution in [0.4, 0.5) is 0 Å². The van der Waals surface area contributed by atoms with Crippen LogP contribution in [0.25, 0.3) is 0 Å². The number of hydrogen-bond donors (Lipinski definition) is 1. The lowest BCUT2D eigenvalue weighted by Crippen LogP contribution is -2.23. The molecular formula is C11H12BrN3. The van der Waals surface area contributed by atoms with Crippen LogP contribution < -0.4 is 5.32 Å². The van der Waals surface area contributed by atoms with E-state index in [1.165, 1.54) is 12.8 Å². The highest BCUT2D eigenvalue weighted by Crippen LogP contribution is 2.28. The molecular weight excluding hydrogens is 254 g/mol. The Morgan fingerprint density at radius 1 is 1.60 bits per heavy atom. The first-order chi connectivity index (χ1) is 7.29. The molecule has 0 bridgehead atoms. The van der Waals surface area contributed by atoms with E-state index in [9.17, 15) is 0 Å². The van der Waals surface area contributed by atoms with Gasteiger partial charge >= 0.3 is 0 Å². The Morgan fingerprint density at radius 3 is 2.93 bits per heavy atom. The Kier molecular flexibility index (Phi) is 3.34. The van der Waals surface area contributed by atoms with Crippen LogP contribution in [0.15, 0.2) is 22.8 Å². The zero-order chi connectivity index (χ0) is 10.7. The number of nitrogens with zero attached hydrogens (tertiary/aromatic N) is 2. The minimum atomic E-state index is -0.279. The van der Waals surface area contributed by atoms with Crippen molar-refractivity contribution in [1.82, 2.24) is 10.3 Å². The highest BCUT2D eigenvalue weighted by molar-refractivity contribution is 9.10. The van der Waals surface area contributed by atoms with Gasteiger partial charge in [0.2, 0.25) is 0 Å². The monoisotopic (exact) mass is 265 g/mol. The van der Waals surface area contributed by atoms with E-state index in [0.717, 1.165) is 22.6 Å². The third-order valence-corrected chi connectivity index (χ3v) is 2.95. The molecule has 0 spiro atoms. The minimum absolute atomic E-state index is 0.279. The molecule has 1 aliphatic rings. The van der Waals surface area contributed by atoms with Crippen molar-refractivity contribution in [2.45, 2.75) is 18.9 Å². The fraction of sp³-hybridized carbons (Fsp3) is 0.455. The van der Waals surface area contributed by atoms with Gasteiger partial charge in [-0.3, -0.25) is 10.3 Å². The summed E-state index contributed by atoms with van der Waals surface area (Å²) in [5, 5.41) is 12.2. The van der Waals surface area contributed by atoms with Crippen molar-refractivity contribution >= 4 is 15.9 Å². The lowest BCUT2D eigenvalue weighted by atomic mass is 10.2. The predicted molar refractivity (Wildman–Crippen MR) is 61.0 cm³/mol. The molecule has 3 nitrogen and oxygen atoms in total. The third-order valence-electron chi connectivity index (χ3n) is 2.48. The summed E-state index contributed by atoms with van der Waals surface area (Å²) in [7, 11) is 0. The molecule has 0 aliphatic heterocycles. The summed E-state index contributed by atoms with van der Waals surface area (Å²) in [6.07, 6.45) is 4.30. The second-order valence-electron chi connectivity index (χ2n) is 3.82. The average molecular weight is 266 g/mol. The van der Waals surface area contributed by atoms with Gasteiger partial charge in [-0.2, -0.15) is 5.26 Å². The van der Waals surface area contributed by atoms with Gasteiger partial charge in [0.1, 0.15) is 6.04 Å². The van der Waals surface area contributed by atoms with Crippen LogP contribution in [0.3, 0.4) is 0 Å². The molecule has 4 heteroatoms. The number of aromatic nitrogens is 1. The van der Waals surface area contributed by atoms with E-state index in [4.69, 9.17) is 5.26 Å². The summed E-state index contributed by atoms with van der Waals surface area (Å²) in [6, 6.07) is 5.73. The average Bonchev–Trinajstić information content (AvgIpc) is 3.05. The smallest absolute Gasteiger partial charge is 0.138 e. The van der Waals surface area contributed by atoms with E-state index < -0.39 is 0 Å². The van der Waals surface area contributed by atoms with Gasteiger partial charge in [-0.05, 0) is 53.4 Å². The summed E-state index contributed by atoms with van der Waals surface area (Å²) in [6.45, 7) is 0.927. The lowest BCUT2D eigenvalue weighted by Gasteiger charge is -2.10. The molecule has 1 heterocycles. The Bertz CT molecular complexity index is 364. The summed E-state index contributed by atoms with van der Waals surface area (Å²) in [4.78, 5) is 4.22. The van der Waals surface area contributed by atoms with Gasteiger partial charge in [0.05, 0.1) is 11.8 Å². The normalized spacial score (nSPS) is 17.1. The van der Waals surface area contributed by atoms with Gasteiger partial charge in [-0.1, -0.05) is 0 Å². The second-order valence-corrected chi connectivity index (χ2v) is 4.73. The van der Waals surface area contributed by atoms with Gasteiger partial charge in [-0.15, -0.1) is 0 Å². The summed E-state index contributed by atoms with van der Waals surface area (Å²) in [5.41, 5.74) is 0.793. The topological polar surface area (TPSA) is 48.7 Å². The summed E-state index contributed by atoms with van der Waals surface area (Å²) in [5.74, 6) is 0.774. The molecule has 1 fully saturated rings. The maximum atomic E-state index is 9.02. The molecule has 1 N–H and O–H groups in total. The molecule has 1 aromatic rings. The Morgan fingerprint density at radius 2 is 2.40 bits per heavy atom. The zero-order valence-corrected chi connectivity index (χ0v) is 9.87. The van der Waals surface area contributed by atoms with E-state index in [0.29, 0.717) is 0 Å². The number of nitriles is 1. The van der Waals surface area contributed by atoms with Crippen LogP contribution in [0.1, 0.15) is 24.6 Å². The van der Waals surface area contributed by atoms with Gasteiger partial charge < -0.3 is 0 Å². The van der Waals surface area contributed by atoms with Crippen molar-refractivity contribution in [2.75, 3.05) is 6.54 Å². The fourth-order valence-electron chi connectivity index (χ4n) is 1.38. The standard InChI is InChI=1S/C11H12BrN3/c12-9-3-4-10(15-7-9)11(5-13)14-6-8-1-2-8/h3-4,7-8,11,14H,1-2,6H2. The Balaban J connectivity index is 1.98. The van der Waals surface area contributed by atoms with E-state index >= 15 is 0 Å². The molecule has 0 radical (unpaired) electrons. The molecule has 2 rings (SSSR count). The molecule has 15 heavy (non-hydrogen) atoms. The molecule has 1 aliphatic carbocycles. The molecule has 0 aromatic carbocycles. The highest BCUT2D eigenvalue weighted by atomic mass is 79.9. The molecule has 1 aromatic heterocycles. The third kappa shape index (κ3) is 3.01. The number of nitrogens with one attached hydrogen (secondary N) is 1. The minimum Gasteiger partial charge on any atom is -0.297 e. The van der Waals surface area contributed by atoms with Crippen molar-refractivity contribution in [3.05, 3.63) is 28.5 Å².